The molecule has 44 valence electrons. The monoisotopic (exact) mass is 111 g/mol. The van der Waals surface area contributed by atoms with Gasteiger partial charge in [0, 0.05) is 6.42 Å². The van der Waals surface area contributed by atoms with Gasteiger partial charge in [-0.25, -0.2) is 0 Å². The van der Waals surface area contributed by atoms with Gasteiger partial charge >= 0.3 is 0 Å². The Hall–Kier alpha value is -0.550. The normalized spacial score (nSPS) is 24.6. The van der Waals surface area contributed by atoms with Crippen LogP contribution in [0.2, 0.25) is 0 Å². The van der Waals surface area contributed by atoms with Gasteiger partial charge in [0.2, 0.25) is 0 Å². The highest BCUT2D eigenvalue weighted by Crippen LogP contribution is 2.15. The molecule has 1 rings (SSSR count). The SMILES string of the molecule is N#CCCC[C@H]1CO1. The minimum Gasteiger partial charge on any atom is -0.373 e. The summed E-state index contributed by atoms with van der Waals surface area (Å²) in [6.45, 7) is 0.922. The van der Waals surface area contributed by atoms with Crippen molar-refractivity contribution in [3.63, 3.8) is 0 Å². The van der Waals surface area contributed by atoms with Crippen LogP contribution < -0.4 is 0 Å². The molecule has 0 radical (unpaired) electrons. The number of nitriles is 1. The number of hydrogen-bond donors (Lipinski definition) is 0. The average Bonchev–Trinajstić information content (AvgIpc) is 2.51. The van der Waals surface area contributed by atoms with E-state index in [0.717, 1.165) is 19.4 Å². The lowest BCUT2D eigenvalue weighted by molar-refractivity contribution is 0.393. The lowest BCUT2D eigenvalue weighted by atomic mass is 10.2. The number of ether oxygens (including phenoxy) is 1. The van der Waals surface area contributed by atoms with Gasteiger partial charge in [0.05, 0.1) is 18.8 Å². The fraction of sp³-hybridized carbons (Fsp3) is 0.833. The summed E-state index contributed by atoms with van der Waals surface area (Å²) in [6.07, 6.45) is 3.26. The van der Waals surface area contributed by atoms with Crippen LogP contribution in [0.1, 0.15) is 19.3 Å². The molecule has 1 fully saturated rings. The summed E-state index contributed by atoms with van der Waals surface area (Å²) in [5.41, 5.74) is 0. The molecule has 8 heavy (non-hydrogen) atoms. The standard InChI is InChI=1S/C6H9NO/c7-4-2-1-3-6-5-8-6/h6H,1-3,5H2/t6-/m0/s1. The molecule has 1 aliphatic heterocycles. The first-order valence-electron chi connectivity index (χ1n) is 2.92. The molecule has 0 N–H and O–H groups in total. The topological polar surface area (TPSA) is 36.3 Å². The zero-order valence-corrected chi connectivity index (χ0v) is 4.76. The smallest absolute Gasteiger partial charge is 0.0810 e. The Morgan fingerprint density at radius 3 is 3.00 bits per heavy atom. The molecule has 2 heteroatoms. The van der Waals surface area contributed by atoms with E-state index in [1.165, 1.54) is 0 Å². The van der Waals surface area contributed by atoms with E-state index >= 15 is 0 Å². The maximum absolute atomic E-state index is 8.11. The Morgan fingerprint density at radius 1 is 1.75 bits per heavy atom. The summed E-state index contributed by atoms with van der Waals surface area (Å²) in [5.74, 6) is 0. The van der Waals surface area contributed by atoms with Gasteiger partial charge < -0.3 is 4.74 Å². The van der Waals surface area contributed by atoms with Crippen molar-refractivity contribution in [2.45, 2.75) is 25.4 Å². The van der Waals surface area contributed by atoms with E-state index in [1.54, 1.807) is 0 Å². The maximum Gasteiger partial charge on any atom is 0.0810 e. The van der Waals surface area contributed by atoms with Crippen LogP contribution in [-0.2, 0) is 4.74 Å². The van der Waals surface area contributed by atoms with E-state index in [9.17, 15) is 0 Å². The summed E-state index contributed by atoms with van der Waals surface area (Å²) in [6, 6.07) is 2.10. The number of rotatable bonds is 3. The molecule has 1 atom stereocenters. The Bertz CT molecular complexity index is 102. The molecule has 2 nitrogen and oxygen atoms in total. The van der Waals surface area contributed by atoms with Crippen LogP contribution in [0.3, 0.4) is 0 Å². The predicted octanol–water partition coefficient (Wildman–Crippen LogP) is 1.08. The van der Waals surface area contributed by atoms with E-state index in [0.29, 0.717) is 12.5 Å². The van der Waals surface area contributed by atoms with Crippen LogP contribution in [0.5, 0.6) is 0 Å². The van der Waals surface area contributed by atoms with Crippen LogP contribution in [0, 0.1) is 11.3 Å². The minimum absolute atomic E-state index is 0.503. The van der Waals surface area contributed by atoms with E-state index < -0.39 is 0 Å². The molecular formula is C6H9NO. The van der Waals surface area contributed by atoms with Crippen molar-refractivity contribution in [3.05, 3.63) is 0 Å². The lowest BCUT2D eigenvalue weighted by Gasteiger charge is -1.85. The summed E-state index contributed by atoms with van der Waals surface area (Å²) >= 11 is 0. The van der Waals surface area contributed by atoms with Gasteiger partial charge in [-0.15, -0.1) is 0 Å². The molecule has 1 heterocycles. The summed E-state index contributed by atoms with van der Waals surface area (Å²) in [5, 5.41) is 8.11. The van der Waals surface area contributed by atoms with E-state index in [2.05, 4.69) is 6.07 Å². The minimum atomic E-state index is 0.503. The van der Waals surface area contributed by atoms with Crippen molar-refractivity contribution in [3.8, 4) is 6.07 Å². The Kier molecular flexibility index (Phi) is 1.87. The summed E-state index contributed by atoms with van der Waals surface area (Å²) < 4.78 is 4.95. The third kappa shape index (κ3) is 1.94. The van der Waals surface area contributed by atoms with Gasteiger partial charge in [-0.1, -0.05) is 0 Å². The molecule has 0 aromatic carbocycles. The molecule has 1 saturated heterocycles. The molecule has 0 aromatic heterocycles. The predicted molar refractivity (Wildman–Crippen MR) is 29.2 cm³/mol. The lowest BCUT2D eigenvalue weighted by Crippen LogP contribution is -1.82. The molecular weight excluding hydrogens is 102 g/mol. The van der Waals surface area contributed by atoms with Crippen molar-refractivity contribution in [2.24, 2.45) is 0 Å². The van der Waals surface area contributed by atoms with E-state index in [1.807, 2.05) is 0 Å². The fourth-order valence-corrected chi connectivity index (χ4v) is 0.643. The van der Waals surface area contributed by atoms with Crippen LogP contribution in [0.4, 0.5) is 0 Å². The third-order valence-electron chi connectivity index (χ3n) is 1.22. The molecule has 0 amide bonds. The Balaban J connectivity index is 1.83. The second-order valence-corrected chi connectivity index (χ2v) is 2.01. The molecule has 0 unspecified atom stereocenters. The van der Waals surface area contributed by atoms with Crippen molar-refractivity contribution in [1.29, 1.82) is 5.26 Å². The molecule has 0 spiro atoms. The molecule has 0 bridgehead atoms. The number of nitrogens with zero attached hydrogens (tertiary/aromatic N) is 1. The first kappa shape index (κ1) is 5.58. The van der Waals surface area contributed by atoms with Crippen molar-refractivity contribution >= 4 is 0 Å². The van der Waals surface area contributed by atoms with Gasteiger partial charge in [-0.3, -0.25) is 0 Å². The fourth-order valence-electron chi connectivity index (χ4n) is 0.643. The van der Waals surface area contributed by atoms with Gasteiger partial charge in [-0.05, 0) is 12.8 Å². The second kappa shape index (κ2) is 2.68. The highest BCUT2D eigenvalue weighted by molar-refractivity contribution is 4.74. The average molecular weight is 111 g/mol. The zero-order chi connectivity index (χ0) is 5.82. The van der Waals surface area contributed by atoms with Crippen molar-refractivity contribution in [1.82, 2.24) is 0 Å². The van der Waals surface area contributed by atoms with Crippen LogP contribution in [0.25, 0.3) is 0 Å². The van der Waals surface area contributed by atoms with Crippen LogP contribution in [0.15, 0.2) is 0 Å². The first-order valence-corrected chi connectivity index (χ1v) is 2.92. The highest BCUT2D eigenvalue weighted by atomic mass is 16.6. The zero-order valence-electron chi connectivity index (χ0n) is 4.76. The van der Waals surface area contributed by atoms with Crippen LogP contribution >= 0.6 is 0 Å². The van der Waals surface area contributed by atoms with E-state index in [-0.39, 0.29) is 0 Å². The number of hydrogen-bond acceptors (Lipinski definition) is 2. The molecule has 0 aliphatic carbocycles. The number of epoxide rings is 1. The Labute approximate surface area is 49.1 Å². The first-order chi connectivity index (χ1) is 3.93. The summed E-state index contributed by atoms with van der Waals surface area (Å²) in [7, 11) is 0. The van der Waals surface area contributed by atoms with Gasteiger partial charge in [-0.2, -0.15) is 5.26 Å². The van der Waals surface area contributed by atoms with Crippen molar-refractivity contribution in [2.75, 3.05) is 6.61 Å². The Morgan fingerprint density at radius 2 is 2.50 bits per heavy atom. The highest BCUT2D eigenvalue weighted by Gasteiger charge is 2.20. The van der Waals surface area contributed by atoms with Gasteiger partial charge in [0.15, 0.2) is 0 Å². The van der Waals surface area contributed by atoms with Crippen molar-refractivity contribution < 1.29 is 4.74 Å². The molecule has 0 aromatic rings. The molecule has 1 aliphatic rings. The third-order valence-corrected chi connectivity index (χ3v) is 1.22. The molecule has 0 saturated carbocycles. The maximum atomic E-state index is 8.11. The van der Waals surface area contributed by atoms with E-state index in [4.69, 9.17) is 10.00 Å². The second-order valence-electron chi connectivity index (χ2n) is 2.01. The van der Waals surface area contributed by atoms with Crippen LogP contribution in [-0.4, -0.2) is 12.7 Å². The van der Waals surface area contributed by atoms with Gasteiger partial charge in [0.1, 0.15) is 0 Å². The van der Waals surface area contributed by atoms with Gasteiger partial charge in [0.25, 0.3) is 0 Å². The quantitative estimate of drug-likeness (QED) is 0.403. The largest absolute Gasteiger partial charge is 0.373 e. The number of unbranched alkanes of at least 4 members (excludes halogenated alkanes) is 1. The summed E-state index contributed by atoms with van der Waals surface area (Å²) in [4.78, 5) is 0.